The van der Waals surface area contributed by atoms with Gasteiger partial charge in [-0.3, -0.25) is 0 Å². The topological polar surface area (TPSA) is 66.0 Å². The highest BCUT2D eigenvalue weighted by Crippen LogP contribution is 2.36. The number of hydrogen-bond donors (Lipinski definition) is 1. The van der Waals surface area contributed by atoms with Crippen molar-refractivity contribution in [2.75, 3.05) is 0 Å². The Hall–Kier alpha value is -2.93. The van der Waals surface area contributed by atoms with E-state index in [-0.39, 0.29) is 22.3 Å². The second-order valence-corrected chi connectivity index (χ2v) is 8.71. The molecule has 1 aliphatic heterocycles. The van der Waals surface area contributed by atoms with Gasteiger partial charge in [0, 0.05) is 5.56 Å². The largest absolute Gasteiger partial charge is 0.461 e. The molecule has 0 saturated carbocycles. The van der Waals surface area contributed by atoms with Gasteiger partial charge in [-0.1, -0.05) is 42.8 Å². The Balaban J connectivity index is 1.77. The van der Waals surface area contributed by atoms with Crippen LogP contribution >= 0.6 is 11.6 Å². The van der Waals surface area contributed by atoms with Gasteiger partial charge < -0.3 is 24.3 Å². The number of amides is 1. The molecule has 8 heteroatoms. The van der Waals surface area contributed by atoms with Crippen LogP contribution in [0.3, 0.4) is 0 Å². The maximum absolute atomic E-state index is 15.4. The maximum Gasteiger partial charge on any atom is 0.408 e. The Morgan fingerprint density at radius 3 is 2.75 bits per heavy atom. The molecule has 1 aromatic rings. The van der Waals surface area contributed by atoms with Crippen molar-refractivity contribution in [2.24, 2.45) is 0 Å². The number of hydrogen-bond acceptors (Lipinski definition) is 5. The molecule has 0 saturated heterocycles. The van der Waals surface area contributed by atoms with Crippen LogP contribution in [0.15, 0.2) is 60.2 Å². The van der Waals surface area contributed by atoms with Crippen LogP contribution in [-0.4, -0.2) is 11.7 Å². The van der Waals surface area contributed by atoms with Crippen LogP contribution in [0.25, 0.3) is 0 Å². The number of carbonyl (C=O) groups excluding carboxylic acids is 1. The van der Waals surface area contributed by atoms with Gasteiger partial charge in [-0.15, -0.1) is 0 Å². The SMILES string of the molecule is CC[C@@H](NC(=O)OC(C)(C)C)c1ccc(Cl)c(OC2=COC=C(C3=CC=CCC3)O2)c1F. The molecular weight excluding hydrogens is 437 g/mol. The number of benzene rings is 1. The smallest absolute Gasteiger partial charge is 0.408 e. The molecule has 0 aromatic heterocycles. The predicted molar refractivity (Wildman–Crippen MR) is 119 cm³/mol. The minimum absolute atomic E-state index is 0.0518. The molecule has 0 fully saturated rings. The first-order valence-electron chi connectivity index (χ1n) is 10.4. The van der Waals surface area contributed by atoms with Gasteiger partial charge in [0.05, 0.1) is 11.1 Å². The number of nitrogens with one attached hydrogen (secondary N) is 1. The van der Waals surface area contributed by atoms with E-state index < -0.39 is 23.6 Å². The third kappa shape index (κ3) is 6.07. The molecule has 0 unspecified atom stereocenters. The summed E-state index contributed by atoms with van der Waals surface area (Å²) in [5.41, 5.74) is 0.481. The summed E-state index contributed by atoms with van der Waals surface area (Å²) in [4.78, 5) is 12.2. The monoisotopic (exact) mass is 463 g/mol. The summed E-state index contributed by atoms with van der Waals surface area (Å²) in [6.45, 7) is 7.08. The van der Waals surface area contributed by atoms with Crippen molar-refractivity contribution in [2.45, 2.75) is 58.6 Å². The average molecular weight is 464 g/mol. The van der Waals surface area contributed by atoms with Crippen molar-refractivity contribution in [3.8, 4) is 5.75 Å². The second-order valence-electron chi connectivity index (χ2n) is 8.30. The number of carbonyl (C=O) groups is 1. The fraction of sp³-hybridized carbons (Fsp3) is 0.375. The van der Waals surface area contributed by atoms with E-state index in [1.54, 1.807) is 20.8 Å². The lowest BCUT2D eigenvalue weighted by Crippen LogP contribution is -2.35. The molecule has 1 heterocycles. The zero-order valence-corrected chi connectivity index (χ0v) is 19.3. The summed E-state index contributed by atoms with van der Waals surface area (Å²) >= 11 is 6.21. The van der Waals surface area contributed by atoms with Crippen molar-refractivity contribution in [3.63, 3.8) is 0 Å². The van der Waals surface area contributed by atoms with Gasteiger partial charge >= 0.3 is 12.0 Å². The van der Waals surface area contributed by atoms with E-state index >= 15 is 4.39 Å². The van der Waals surface area contributed by atoms with Crippen LogP contribution in [0.2, 0.25) is 5.02 Å². The van der Waals surface area contributed by atoms with E-state index in [1.807, 2.05) is 19.1 Å². The van der Waals surface area contributed by atoms with Gasteiger partial charge in [-0.05, 0) is 51.7 Å². The quantitative estimate of drug-likeness (QED) is 0.502. The van der Waals surface area contributed by atoms with Crippen molar-refractivity contribution >= 4 is 17.7 Å². The lowest BCUT2D eigenvalue weighted by molar-refractivity contribution is 0.0501. The molecule has 1 atom stereocenters. The Kier molecular flexibility index (Phi) is 7.51. The summed E-state index contributed by atoms with van der Waals surface area (Å²) in [6.07, 6.45) is 10.1. The highest BCUT2D eigenvalue weighted by molar-refractivity contribution is 6.32. The van der Waals surface area contributed by atoms with Crippen LogP contribution in [-0.2, 0) is 14.2 Å². The predicted octanol–water partition coefficient (Wildman–Crippen LogP) is 6.80. The summed E-state index contributed by atoms with van der Waals surface area (Å²) in [7, 11) is 0. The summed E-state index contributed by atoms with van der Waals surface area (Å²) in [5.74, 6) is -0.496. The Morgan fingerprint density at radius 1 is 1.31 bits per heavy atom. The molecular formula is C24H27ClFNO5. The van der Waals surface area contributed by atoms with Crippen LogP contribution in [0, 0.1) is 5.82 Å². The molecule has 6 nitrogen and oxygen atoms in total. The minimum Gasteiger partial charge on any atom is -0.461 e. The normalized spacial score (nSPS) is 16.6. The number of allylic oxidation sites excluding steroid dienone is 4. The van der Waals surface area contributed by atoms with Crippen molar-refractivity contribution < 1.29 is 28.1 Å². The molecule has 0 radical (unpaired) electrons. The van der Waals surface area contributed by atoms with Crippen LogP contribution < -0.4 is 10.1 Å². The molecule has 2 aliphatic rings. The van der Waals surface area contributed by atoms with E-state index in [1.165, 1.54) is 24.7 Å². The Morgan fingerprint density at radius 2 is 2.09 bits per heavy atom. The summed E-state index contributed by atoms with van der Waals surface area (Å²) in [6, 6.07) is 2.37. The number of halogens is 2. The Bertz CT molecular complexity index is 991. The van der Waals surface area contributed by atoms with Crippen LogP contribution in [0.4, 0.5) is 9.18 Å². The van der Waals surface area contributed by atoms with Gasteiger partial charge in [0.1, 0.15) is 11.9 Å². The third-order valence-electron chi connectivity index (χ3n) is 4.64. The molecule has 0 bridgehead atoms. The van der Waals surface area contributed by atoms with E-state index in [0.717, 1.165) is 18.4 Å². The van der Waals surface area contributed by atoms with Crippen LogP contribution in [0.1, 0.15) is 58.6 Å². The summed E-state index contributed by atoms with van der Waals surface area (Å²) < 4.78 is 37.4. The number of rotatable bonds is 6. The molecule has 1 amide bonds. The van der Waals surface area contributed by atoms with Crippen molar-refractivity contribution in [1.82, 2.24) is 5.32 Å². The van der Waals surface area contributed by atoms with Gasteiger partial charge in [-0.2, -0.15) is 0 Å². The van der Waals surface area contributed by atoms with E-state index in [4.69, 9.17) is 30.5 Å². The first-order valence-corrected chi connectivity index (χ1v) is 10.8. The maximum atomic E-state index is 15.4. The standard InChI is InChI=1S/C24H27ClFNO5/c1-5-18(27-23(28)32-24(2,3)4)16-11-12-17(25)22(21(16)26)31-20-14-29-13-19(30-20)15-9-7-6-8-10-15/h6-7,9,11-14,18H,5,8,10H2,1-4H3,(H,27,28)/t18-/m1/s1. The second kappa shape index (κ2) is 10.1. The Labute approximate surface area is 192 Å². The average Bonchev–Trinajstić information content (AvgIpc) is 2.75. The van der Waals surface area contributed by atoms with Crippen molar-refractivity contribution in [1.29, 1.82) is 0 Å². The number of ether oxygens (including phenoxy) is 4. The van der Waals surface area contributed by atoms with E-state index in [0.29, 0.717) is 12.2 Å². The minimum atomic E-state index is -0.708. The fourth-order valence-electron chi connectivity index (χ4n) is 3.16. The highest BCUT2D eigenvalue weighted by Gasteiger charge is 2.26. The van der Waals surface area contributed by atoms with Gasteiger partial charge in [0.15, 0.2) is 23.6 Å². The zero-order valence-electron chi connectivity index (χ0n) is 18.5. The third-order valence-corrected chi connectivity index (χ3v) is 4.93. The molecule has 0 spiro atoms. The molecule has 172 valence electrons. The van der Waals surface area contributed by atoms with Gasteiger partial charge in [0.25, 0.3) is 0 Å². The fourth-order valence-corrected chi connectivity index (χ4v) is 3.35. The van der Waals surface area contributed by atoms with Crippen LogP contribution in [0.5, 0.6) is 5.75 Å². The lowest BCUT2D eigenvalue weighted by Gasteiger charge is -2.24. The highest BCUT2D eigenvalue weighted by atomic mass is 35.5. The number of alkyl carbamates (subject to hydrolysis) is 1. The molecule has 3 rings (SSSR count). The zero-order chi connectivity index (χ0) is 23.3. The van der Waals surface area contributed by atoms with Crippen molar-refractivity contribution in [3.05, 3.63) is 76.6 Å². The first kappa shape index (κ1) is 23.7. The van der Waals surface area contributed by atoms with Gasteiger partial charge in [0.2, 0.25) is 0 Å². The molecule has 1 N–H and O–H groups in total. The molecule has 1 aromatic carbocycles. The molecule has 32 heavy (non-hydrogen) atoms. The first-order chi connectivity index (χ1) is 15.2. The van der Waals surface area contributed by atoms with Gasteiger partial charge in [-0.25, -0.2) is 9.18 Å². The van der Waals surface area contributed by atoms with E-state index in [9.17, 15) is 4.79 Å². The lowest BCUT2D eigenvalue weighted by atomic mass is 10.0. The molecule has 1 aliphatic carbocycles. The van der Waals surface area contributed by atoms with E-state index in [2.05, 4.69) is 11.4 Å². The summed E-state index contributed by atoms with van der Waals surface area (Å²) in [5, 5.41) is 2.74.